The van der Waals surface area contributed by atoms with Gasteiger partial charge in [-0.3, -0.25) is 9.59 Å². The van der Waals surface area contributed by atoms with Gasteiger partial charge in [-0.15, -0.1) is 11.3 Å². The van der Waals surface area contributed by atoms with Crippen LogP contribution in [0.15, 0.2) is 60.7 Å². The van der Waals surface area contributed by atoms with Crippen LogP contribution in [0, 0.1) is 6.92 Å². The van der Waals surface area contributed by atoms with Gasteiger partial charge in [0.2, 0.25) is 0 Å². The number of carbonyl (C=O) groups excluding carboxylic acids is 2. The van der Waals surface area contributed by atoms with Crippen LogP contribution in [-0.2, 0) is 11.2 Å². The highest BCUT2D eigenvalue weighted by molar-refractivity contribution is 7.17. The fourth-order valence-electron chi connectivity index (χ4n) is 2.87. The van der Waals surface area contributed by atoms with Crippen LogP contribution in [0.3, 0.4) is 0 Å². The fraction of sp³-hybridized carbons (Fsp3) is 0.182. The highest BCUT2D eigenvalue weighted by atomic mass is 32.1. The molecule has 1 unspecified atom stereocenters. The van der Waals surface area contributed by atoms with Gasteiger partial charge in [-0.1, -0.05) is 48.5 Å². The molecule has 3 rings (SSSR count). The van der Waals surface area contributed by atoms with Crippen molar-refractivity contribution >= 4 is 28.2 Å². The third kappa shape index (κ3) is 4.58. The van der Waals surface area contributed by atoms with E-state index in [0.717, 1.165) is 16.0 Å². The van der Waals surface area contributed by atoms with Gasteiger partial charge in [-0.2, -0.15) is 0 Å². The lowest BCUT2D eigenvalue weighted by Crippen LogP contribution is -2.30. The molecule has 0 aliphatic carbocycles. The number of nitrogens with one attached hydrogen (secondary N) is 1. The lowest BCUT2D eigenvalue weighted by atomic mass is 10.1. The van der Waals surface area contributed by atoms with Crippen molar-refractivity contribution in [2.45, 2.75) is 26.4 Å². The van der Waals surface area contributed by atoms with Crippen LogP contribution < -0.4 is 15.8 Å². The van der Waals surface area contributed by atoms with Crippen molar-refractivity contribution in [2.24, 2.45) is 5.73 Å². The molecule has 2 amide bonds. The minimum Gasteiger partial charge on any atom is -0.481 e. The molecular formula is C22H22N2O3S. The molecule has 3 N–H and O–H groups in total. The maximum atomic E-state index is 12.6. The zero-order valence-corrected chi connectivity index (χ0v) is 16.6. The average molecular weight is 394 g/mol. The average Bonchev–Trinajstić information content (AvgIpc) is 2.98. The quantitative estimate of drug-likeness (QED) is 0.631. The second-order valence-corrected chi connectivity index (χ2v) is 7.55. The first-order chi connectivity index (χ1) is 13.5. The van der Waals surface area contributed by atoms with Crippen molar-refractivity contribution in [3.63, 3.8) is 0 Å². The highest BCUT2D eigenvalue weighted by Crippen LogP contribution is 2.34. The van der Waals surface area contributed by atoms with Crippen molar-refractivity contribution in [1.82, 2.24) is 0 Å². The number of thiophene rings is 1. The molecule has 1 aromatic heterocycles. The van der Waals surface area contributed by atoms with Gasteiger partial charge < -0.3 is 15.8 Å². The molecule has 2 aromatic carbocycles. The molecule has 0 aliphatic heterocycles. The summed E-state index contributed by atoms with van der Waals surface area (Å²) in [5, 5.41) is 3.28. The predicted molar refractivity (Wildman–Crippen MR) is 112 cm³/mol. The minimum atomic E-state index is -0.719. The van der Waals surface area contributed by atoms with Crippen molar-refractivity contribution in [3.05, 3.63) is 82.2 Å². The smallest absolute Gasteiger partial charge is 0.265 e. The van der Waals surface area contributed by atoms with Gasteiger partial charge in [-0.05, 0) is 37.1 Å². The van der Waals surface area contributed by atoms with Crippen molar-refractivity contribution < 1.29 is 14.3 Å². The van der Waals surface area contributed by atoms with Crippen LogP contribution in [0.4, 0.5) is 5.00 Å². The number of rotatable bonds is 7. The molecule has 0 saturated heterocycles. The summed E-state index contributed by atoms with van der Waals surface area (Å²) in [7, 11) is 0. The molecule has 0 bridgehead atoms. The third-order valence-corrected chi connectivity index (χ3v) is 5.57. The van der Waals surface area contributed by atoms with Crippen LogP contribution in [0.2, 0.25) is 0 Å². The molecule has 5 nitrogen and oxygen atoms in total. The Hall–Kier alpha value is -3.12. The zero-order chi connectivity index (χ0) is 20.1. The molecule has 0 spiro atoms. The van der Waals surface area contributed by atoms with Crippen LogP contribution in [0.1, 0.15) is 33.3 Å². The Labute approximate surface area is 168 Å². The molecule has 3 aromatic rings. The molecule has 144 valence electrons. The van der Waals surface area contributed by atoms with E-state index in [0.29, 0.717) is 22.7 Å². The maximum Gasteiger partial charge on any atom is 0.265 e. The fourth-order valence-corrected chi connectivity index (χ4v) is 4.11. The number of ether oxygens (including phenoxy) is 1. The van der Waals surface area contributed by atoms with E-state index in [1.165, 1.54) is 11.3 Å². The van der Waals surface area contributed by atoms with Gasteiger partial charge in [-0.25, -0.2) is 0 Å². The number of nitrogens with two attached hydrogens (primary N) is 1. The lowest BCUT2D eigenvalue weighted by molar-refractivity contribution is -0.122. The molecule has 28 heavy (non-hydrogen) atoms. The molecular weight excluding hydrogens is 372 g/mol. The van der Waals surface area contributed by atoms with Gasteiger partial charge in [0, 0.05) is 11.3 Å². The van der Waals surface area contributed by atoms with E-state index in [1.54, 1.807) is 19.1 Å². The summed E-state index contributed by atoms with van der Waals surface area (Å²) >= 11 is 1.37. The summed E-state index contributed by atoms with van der Waals surface area (Å²) in [5.74, 6) is -0.286. The summed E-state index contributed by atoms with van der Waals surface area (Å²) < 4.78 is 5.66. The number of anilines is 1. The first-order valence-electron chi connectivity index (χ1n) is 8.94. The Morgan fingerprint density at radius 2 is 1.68 bits per heavy atom. The summed E-state index contributed by atoms with van der Waals surface area (Å²) in [4.78, 5) is 25.6. The van der Waals surface area contributed by atoms with E-state index in [4.69, 9.17) is 10.5 Å². The van der Waals surface area contributed by atoms with Gasteiger partial charge >= 0.3 is 0 Å². The second-order valence-electron chi connectivity index (χ2n) is 6.44. The Kier molecular flexibility index (Phi) is 6.11. The second kappa shape index (κ2) is 8.71. The summed E-state index contributed by atoms with van der Waals surface area (Å²) in [6, 6.07) is 19.1. The third-order valence-electron chi connectivity index (χ3n) is 4.36. The number of primary amides is 1. The molecule has 0 radical (unpaired) electrons. The molecule has 6 heteroatoms. The highest BCUT2D eigenvalue weighted by Gasteiger charge is 2.23. The van der Waals surface area contributed by atoms with E-state index in [9.17, 15) is 9.59 Å². The van der Waals surface area contributed by atoms with Crippen LogP contribution in [0.5, 0.6) is 5.75 Å². The number of carbonyl (C=O) groups is 2. The first-order valence-corrected chi connectivity index (χ1v) is 9.76. The maximum absolute atomic E-state index is 12.6. The largest absolute Gasteiger partial charge is 0.481 e. The Morgan fingerprint density at radius 3 is 2.29 bits per heavy atom. The van der Waals surface area contributed by atoms with Crippen LogP contribution in [-0.4, -0.2) is 17.9 Å². The zero-order valence-electron chi connectivity index (χ0n) is 15.8. The van der Waals surface area contributed by atoms with E-state index in [-0.39, 0.29) is 5.91 Å². The summed E-state index contributed by atoms with van der Waals surface area (Å²) in [6.07, 6.45) is -0.0491. The standard InChI is InChI=1S/C22H22N2O3S/c1-14-18(13-16-9-5-3-6-10-16)28-22(19(14)20(23)25)24-21(26)15(2)27-17-11-7-4-8-12-17/h3-12,15H,13H2,1-2H3,(H2,23,25)(H,24,26). The van der Waals surface area contributed by atoms with Crippen molar-refractivity contribution in [2.75, 3.05) is 5.32 Å². The van der Waals surface area contributed by atoms with E-state index >= 15 is 0 Å². The van der Waals surface area contributed by atoms with Crippen LogP contribution >= 0.6 is 11.3 Å². The topological polar surface area (TPSA) is 81.4 Å². The van der Waals surface area contributed by atoms with Crippen molar-refractivity contribution in [1.29, 1.82) is 0 Å². The predicted octanol–water partition coefficient (Wildman–Crippen LogP) is 4.15. The number of hydrogen-bond acceptors (Lipinski definition) is 4. The number of amides is 2. The Morgan fingerprint density at radius 1 is 1.07 bits per heavy atom. The molecule has 1 heterocycles. The van der Waals surface area contributed by atoms with Gasteiger partial charge in [0.15, 0.2) is 6.10 Å². The SMILES string of the molecule is Cc1c(Cc2ccccc2)sc(NC(=O)C(C)Oc2ccccc2)c1C(N)=O. The van der Waals surface area contributed by atoms with Crippen molar-refractivity contribution in [3.8, 4) is 5.75 Å². The van der Waals surface area contributed by atoms with Gasteiger partial charge in [0.25, 0.3) is 11.8 Å². The molecule has 0 fully saturated rings. The molecule has 1 atom stereocenters. The number of benzene rings is 2. The summed E-state index contributed by atoms with van der Waals surface area (Å²) in [6.45, 7) is 3.52. The minimum absolute atomic E-state index is 0.334. The monoisotopic (exact) mass is 394 g/mol. The van der Waals surface area contributed by atoms with E-state index in [1.807, 2.05) is 55.5 Å². The number of hydrogen-bond donors (Lipinski definition) is 2. The summed E-state index contributed by atoms with van der Waals surface area (Å²) in [5.41, 5.74) is 7.87. The van der Waals surface area contributed by atoms with Crippen LogP contribution in [0.25, 0.3) is 0 Å². The molecule has 0 aliphatic rings. The molecule has 0 saturated carbocycles. The van der Waals surface area contributed by atoms with E-state index < -0.39 is 12.0 Å². The van der Waals surface area contributed by atoms with Gasteiger partial charge in [0.05, 0.1) is 5.56 Å². The normalized spacial score (nSPS) is 11.6. The number of para-hydroxylation sites is 1. The lowest BCUT2D eigenvalue weighted by Gasteiger charge is -2.14. The van der Waals surface area contributed by atoms with E-state index in [2.05, 4.69) is 5.32 Å². The van der Waals surface area contributed by atoms with Gasteiger partial charge in [0.1, 0.15) is 10.8 Å². The first kappa shape index (κ1) is 19.6. The Balaban J connectivity index is 1.79. The Bertz CT molecular complexity index is 968.